The lowest BCUT2D eigenvalue weighted by atomic mass is 9.93. The van der Waals surface area contributed by atoms with E-state index in [0.717, 1.165) is 94.5 Å². The lowest BCUT2D eigenvalue weighted by Gasteiger charge is -2.14. The van der Waals surface area contributed by atoms with Crippen molar-refractivity contribution >= 4 is 21.5 Å². The molecule has 262 valence electrons. The summed E-state index contributed by atoms with van der Waals surface area (Å²) in [5.41, 5.74) is 14.1. The molecule has 0 saturated carbocycles. The van der Waals surface area contributed by atoms with Crippen molar-refractivity contribution in [2.45, 2.75) is 0 Å². The van der Waals surface area contributed by atoms with Gasteiger partial charge in [0.1, 0.15) is 0 Å². The molecule has 0 N–H and O–H groups in total. The molecule has 4 heterocycles. The summed E-state index contributed by atoms with van der Waals surface area (Å²) in [4.78, 5) is 19.8. The Kier molecular flexibility index (Phi) is 8.47. The van der Waals surface area contributed by atoms with E-state index in [1.165, 1.54) is 5.56 Å². The fourth-order valence-corrected chi connectivity index (χ4v) is 7.40. The number of nitrogens with zero attached hydrogens (tertiary/aromatic N) is 4. The molecule has 4 aromatic heterocycles. The first-order valence-electron chi connectivity index (χ1n) is 18.8. The largest absolute Gasteiger partial charge is 0.256 e. The topological polar surface area (TPSA) is 51.6 Å². The summed E-state index contributed by atoms with van der Waals surface area (Å²) in [6, 6.07) is 65.8. The Morgan fingerprint density at radius 2 is 0.714 bits per heavy atom. The van der Waals surface area contributed by atoms with E-state index < -0.39 is 0 Å². The van der Waals surface area contributed by atoms with Crippen LogP contribution in [0.1, 0.15) is 0 Å². The van der Waals surface area contributed by atoms with Gasteiger partial charge in [0.25, 0.3) is 0 Å². The van der Waals surface area contributed by atoms with E-state index in [0.29, 0.717) is 0 Å². The normalized spacial score (nSPS) is 11.2. The maximum Gasteiger partial charge on any atom is 0.0715 e. The van der Waals surface area contributed by atoms with E-state index >= 15 is 0 Å². The highest BCUT2D eigenvalue weighted by Crippen LogP contribution is 2.37. The van der Waals surface area contributed by atoms with Crippen LogP contribution >= 0.6 is 0 Å². The number of pyridine rings is 4. The van der Waals surface area contributed by atoms with Crippen molar-refractivity contribution in [2.24, 2.45) is 0 Å². The zero-order chi connectivity index (χ0) is 37.3. The second kappa shape index (κ2) is 14.3. The van der Waals surface area contributed by atoms with Gasteiger partial charge in [-0.3, -0.25) is 15.0 Å². The lowest BCUT2D eigenvalue weighted by molar-refractivity contribution is 1.31. The summed E-state index contributed by atoms with van der Waals surface area (Å²) in [5.74, 6) is 0. The summed E-state index contributed by atoms with van der Waals surface area (Å²) in [6.07, 6.45) is 5.75. The molecule has 0 aliphatic carbocycles. The molecule has 0 fully saturated rings. The van der Waals surface area contributed by atoms with Crippen LogP contribution in [0.5, 0.6) is 0 Å². The molecular formula is C52H34N4. The van der Waals surface area contributed by atoms with Gasteiger partial charge in [0, 0.05) is 57.2 Å². The number of benzene rings is 6. The third-order valence-corrected chi connectivity index (χ3v) is 10.4. The first-order valence-corrected chi connectivity index (χ1v) is 18.8. The average molecular weight is 715 g/mol. The summed E-state index contributed by atoms with van der Waals surface area (Å²) in [6.45, 7) is 0. The molecule has 10 rings (SSSR count). The zero-order valence-corrected chi connectivity index (χ0v) is 30.4. The second-order valence-electron chi connectivity index (χ2n) is 14.0. The summed E-state index contributed by atoms with van der Waals surface area (Å²) >= 11 is 0. The Hall–Kier alpha value is -7.56. The van der Waals surface area contributed by atoms with Gasteiger partial charge in [0.2, 0.25) is 0 Å². The van der Waals surface area contributed by atoms with Crippen LogP contribution in [0.2, 0.25) is 0 Å². The van der Waals surface area contributed by atoms with Gasteiger partial charge in [0.05, 0.1) is 28.5 Å². The molecule has 0 spiro atoms. The van der Waals surface area contributed by atoms with E-state index in [4.69, 9.17) is 15.0 Å². The monoisotopic (exact) mass is 714 g/mol. The molecule has 0 atom stereocenters. The Bertz CT molecular complexity index is 2910. The van der Waals surface area contributed by atoms with E-state index in [2.05, 4.69) is 157 Å². The first-order chi connectivity index (χ1) is 27.7. The smallest absolute Gasteiger partial charge is 0.0715 e. The van der Waals surface area contributed by atoms with Crippen LogP contribution in [0.3, 0.4) is 0 Å². The van der Waals surface area contributed by atoms with Crippen LogP contribution in [-0.4, -0.2) is 19.9 Å². The highest BCUT2D eigenvalue weighted by atomic mass is 14.7. The van der Waals surface area contributed by atoms with Gasteiger partial charge in [-0.05, 0) is 93.7 Å². The van der Waals surface area contributed by atoms with Gasteiger partial charge in [-0.2, -0.15) is 0 Å². The Morgan fingerprint density at radius 3 is 1.34 bits per heavy atom. The number of hydrogen-bond acceptors (Lipinski definition) is 4. The van der Waals surface area contributed by atoms with Crippen LogP contribution in [-0.2, 0) is 0 Å². The van der Waals surface area contributed by atoms with Gasteiger partial charge in [0.15, 0.2) is 0 Å². The molecule has 0 radical (unpaired) electrons. The van der Waals surface area contributed by atoms with Crippen LogP contribution < -0.4 is 0 Å². The third kappa shape index (κ3) is 6.61. The van der Waals surface area contributed by atoms with Crippen molar-refractivity contribution in [3.63, 3.8) is 0 Å². The number of aromatic nitrogens is 4. The molecule has 4 nitrogen and oxygen atoms in total. The van der Waals surface area contributed by atoms with Gasteiger partial charge in [-0.1, -0.05) is 127 Å². The van der Waals surface area contributed by atoms with Gasteiger partial charge >= 0.3 is 0 Å². The van der Waals surface area contributed by atoms with Crippen molar-refractivity contribution < 1.29 is 0 Å². The fourth-order valence-electron chi connectivity index (χ4n) is 7.40. The Labute approximate surface area is 325 Å². The molecule has 6 aromatic carbocycles. The SMILES string of the molecule is c1ccc(-c2cccc(-c3cc(-c4cc(-c5cc6ccccc6cn5)cc(-c5cc6ccccc6cn5)c4)cc(-c4ccc(-c5ccccn5)cc4)n3)c2)cc1. The van der Waals surface area contributed by atoms with Crippen LogP contribution in [0.15, 0.2) is 207 Å². The molecule has 0 amide bonds. The number of fused-ring (bicyclic) bond motifs is 2. The maximum atomic E-state index is 5.33. The first kappa shape index (κ1) is 33.0. The van der Waals surface area contributed by atoms with Gasteiger partial charge in [-0.15, -0.1) is 0 Å². The van der Waals surface area contributed by atoms with Gasteiger partial charge < -0.3 is 0 Å². The summed E-state index contributed by atoms with van der Waals surface area (Å²) in [5, 5.41) is 4.52. The molecule has 0 unspecified atom stereocenters. The quantitative estimate of drug-likeness (QED) is 0.165. The van der Waals surface area contributed by atoms with E-state index in [1.807, 2.05) is 55.0 Å². The molecule has 0 saturated heterocycles. The molecule has 0 aliphatic rings. The molecule has 10 aromatic rings. The van der Waals surface area contributed by atoms with E-state index in [1.54, 1.807) is 0 Å². The number of rotatable bonds is 7. The van der Waals surface area contributed by atoms with Crippen LogP contribution in [0.4, 0.5) is 0 Å². The molecule has 4 heteroatoms. The van der Waals surface area contributed by atoms with Gasteiger partial charge in [-0.25, -0.2) is 4.98 Å². The highest BCUT2D eigenvalue weighted by Gasteiger charge is 2.15. The average Bonchev–Trinajstić information content (AvgIpc) is 3.29. The molecule has 0 aliphatic heterocycles. The maximum absolute atomic E-state index is 5.33. The predicted molar refractivity (Wildman–Crippen MR) is 231 cm³/mol. The minimum absolute atomic E-state index is 0.884. The van der Waals surface area contributed by atoms with Crippen LogP contribution in [0, 0.1) is 0 Å². The van der Waals surface area contributed by atoms with E-state index in [9.17, 15) is 0 Å². The minimum Gasteiger partial charge on any atom is -0.256 e. The zero-order valence-electron chi connectivity index (χ0n) is 30.4. The fraction of sp³-hybridized carbons (Fsp3) is 0. The van der Waals surface area contributed by atoms with Crippen LogP contribution in [0.25, 0.3) is 100 Å². The highest BCUT2D eigenvalue weighted by molar-refractivity contribution is 5.90. The lowest BCUT2D eigenvalue weighted by Crippen LogP contribution is -1.94. The molecular weight excluding hydrogens is 681 g/mol. The second-order valence-corrected chi connectivity index (χ2v) is 14.0. The Balaban J connectivity index is 1.17. The van der Waals surface area contributed by atoms with Crippen molar-refractivity contribution in [2.75, 3.05) is 0 Å². The predicted octanol–water partition coefficient (Wildman–Crippen LogP) is 13.2. The minimum atomic E-state index is 0.884. The summed E-state index contributed by atoms with van der Waals surface area (Å²) < 4.78 is 0. The molecule has 0 bridgehead atoms. The third-order valence-electron chi connectivity index (χ3n) is 10.4. The van der Waals surface area contributed by atoms with Crippen molar-refractivity contribution in [3.8, 4) is 78.5 Å². The van der Waals surface area contributed by atoms with Crippen molar-refractivity contribution in [3.05, 3.63) is 207 Å². The Morgan fingerprint density at radius 1 is 0.232 bits per heavy atom. The standard InChI is InChI=1S/C52H34N4/c1-2-11-35(12-3-1)38-17-10-18-41(25-38)52-32-45(31-51(56-52)37-22-20-36(21-23-37)48-19-8-9-24-53-48)44-26-46(49-29-39-13-4-6-15-42(39)33-54-49)28-47(27-44)50-30-40-14-5-7-16-43(40)34-55-50/h1-34H. The van der Waals surface area contributed by atoms with Crippen molar-refractivity contribution in [1.29, 1.82) is 0 Å². The van der Waals surface area contributed by atoms with E-state index in [-0.39, 0.29) is 0 Å². The van der Waals surface area contributed by atoms with Crippen molar-refractivity contribution in [1.82, 2.24) is 19.9 Å². The summed E-state index contributed by atoms with van der Waals surface area (Å²) in [7, 11) is 0. The number of hydrogen-bond donors (Lipinski definition) is 0. The molecule has 56 heavy (non-hydrogen) atoms.